The number of hydrogen-bond acceptors (Lipinski definition) is 26. The summed E-state index contributed by atoms with van der Waals surface area (Å²) in [4.78, 5) is 43.4. The number of anilines is 5. The maximum atomic E-state index is 14.4. The molecule has 576 valence electrons. The first-order valence-corrected chi connectivity index (χ1v) is 37.4. The van der Waals surface area contributed by atoms with Crippen LogP contribution in [0.3, 0.4) is 0 Å². The van der Waals surface area contributed by atoms with Gasteiger partial charge in [-0.25, -0.2) is 29.3 Å². The van der Waals surface area contributed by atoms with Crippen LogP contribution in [0.2, 0.25) is 5.02 Å². The quantitative estimate of drug-likeness (QED) is 0.0849. The Bertz CT molecular complexity index is 6700. The molecule has 10 N–H and O–H groups in total. The number of hydrogen-bond donors (Lipinski definition) is 5. The van der Waals surface area contributed by atoms with Crippen LogP contribution in [0, 0.1) is 26.6 Å². The predicted octanol–water partition coefficient (Wildman–Crippen LogP) is 18.0. The molecule has 20 rings (SSSR count). The van der Waals surface area contributed by atoms with Crippen molar-refractivity contribution in [2.45, 2.75) is 20.8 Å². The van der Waals surface area contributed by atoms with Gasteiger partial charge in [-0.15, -0.1) is 51.0 Å². The van der Waals surface area contributed by atoms with E-state index in [0.717, 1.165) is 116 Å². The maximum absolute atomic E-state index is 14.4. The van der Waals surface area contributed by atoms with Gasteiger partial charge in [0.05, 0.1) is 27.1 Å². The molecule has 0 bridgehead atoms. The summed E-state index contributed by atoms with van der Waals surface area (Å²) in [5, 5.41) is 46.1. The molecule has 26 nitrogen and oxygen atoms in total. The Labute approximate surface area is 683 Å². The summed E-state index contributed by atoms with van der Waals surface area (Å²) in [7, 11) is 0. The molecule has 0 radical (unpaired) electrons. The summed E-state index contributed by atoms with van der Waals surface area (Å²) in [5.41, 5.74) is 49.0. The van der Waals surface area contributed by atoms with E-state index in [2.05, 4.69) is 113 Å². The number of nitrogens with zero attached hydrogens (tertiary/aromatic N) is 20. The minimum Gasteiger partial charge on any atom is -0.460 e. The van der Waals surface area contributed by atoms with Gasteiger partial charge in [0.2, 0.25) is 29.7 Å². The van der Waals surface area contributed by atoms with Crippen LogP contribution in [-0.4, -0.2) is 101 Å². The molecule has 0 atom stereocenters. The van der Waals surface area contributed by atoms with Gasteiger partial charge in [0.1, 0.15) is 74.0 Å². The lowest BCUT2D eigenvalue weighted by Crippen LogP contribution is -2.02. The second-order valence-corrected chi connectivity index (χ2v) is 27.3. The second-order valence-electron chi connectivity index (χ2n) is 26.9. The van der Waals surface area contributed by atoms with Crippen molar-refractivity contribution in [2.24, 2.45) is 0 Å². The van der Waals surface area contributed by atoms with Crippen molar-refractivity contribution < 1.29 is 8.81 Å². The van der Waals surface area contributed by atoms with E-state index in [1.165, 1.54) is 6.07 Å². The third-order valence-electron chi connectivity index (χ3n) is 18.8. The van der Waals surface area contributed by atoms with Crippen LogP contribution in [0.4, 0.5) is 34.1 Å². The Morgan fingerprint density at radius 1 is 0.261 bits per heavy atom. The Balaban J connectivity index is 0.000000111. The van der Waals surface area contributed by atoms with E-state index in [1.54, 1.807) is 43.1 Å². The average molecular weight is 1580 g/mol. The Morgan fingerprint density at radius 2 is 0.580 bits per heavy atom. The second kappa shape index (κ2) is 34.5. The highest BCUT2D eigenvalue weighted by molar-refractivity contribution is 6.35. The molecular weight excluding hydrogens is 1510 g/mol. The van der Waals surface area contributed by atoms with Gasteiger partial charge in [0, 0.05) is 108 Å². The number of furan rings is 1. The molecule has 11 aromatic heterocycles. The number of aryl methyl sites for hydroxylation is 3. The van der Waals surface area contributed by atoms with E-state index < -0.39 is 5.82 Å². The average Bonchev–Trinajstić information content (AvgIpc) is 1.40. The number of halogens is 2. The van der Waals surface area contributed by atoms with Crippen LogP contribution in [0.1, 0.15) is 16.9 Å². The smallest absolute Gasteiger partial charge is 0.240 e. The Kier molecular flexibility index (Phi) is 22.2. The van der Waals surface area contributed by atoms with E-state index >= 15 is 0 Å². The SMILES string of the molecule is Cc1cc(-c2nnc(N)nc2-c2ccccc2)cc2cccnc12.Cc1ccc(-c2nc(N)nnc2-c2cc(C)c3ncccc3c2)o1.Nc1nnc(-c2cc(Cl)c3ncccc3c2)c(-c2ccccc2)n1.Nc1nnc(-c2cc(F)c3ncccc3c2)c(-c2ccccc2)n1.Nc1nnc(-c2ccc3ncccc3c2)c(-c2ccccc2)n1. The number of nitrogens with two attached hydrogens (primary N) is 5. The minimum atomic E-state index is -0.416. The summed E-state index contributed by atoms with van der Waals surface area (Å²) < 4.78 is 20.1. The molecule has 0 aliphatic heterocycles. The molecule has 0 saturated heterocycles. The zero-order valence-corrected chi connectivity index (χ0v) is 64.5. The molecule has 0 aliphatic carbocycles. The molecule has 0 fully saturated rings. The first-order valence-electron chi connectivity index (χ1n) is 37.0. The topological polar surface area (TPSA) is 401 Å². The van der Waals surface area contributed by atoms with Crippen LogP contribution in [-0.2, 0) is 0 Å². The first-order chi connectivity index (χ1) is 58.1. The lowest BCUT2D eigenvalue weighted by atomic mass is 10.0. The van der Waals surface area contributed by atoms with E-state index in [4.69, 9.17) is 44.7 Å². The molecular formula is C91H67ClFN25O. The van der Waals surface area contributed by atoms with Crippen LogP contribution in [0.15, 0.2) is 296 Å². The molecule has 9 aromatic carbocycles. The highest BCUT2D eigenvalue weighted by Gasteiger charge is 2.22. The predicted molar refractivity (Wildman–Crippen MR) is 464 cm³/mol. The highest BCUT2D eigenvalue weighted by Crippen LogP contribution is 2.39. The lowest BCUT2D eigenvalue weighted by molar-refractivity contribution is 0.546. The molecule has 11 heterocycles. The first kappa shape index (κ1) is 76.6. The maximum Gasteiger partial charge on any atom is 0.240 e. The lowest BCUT2D eigenvalue weighted by Gasteiger charge is -2.10. The molecule has 28 heteroatoms. The monoisotopic (exact) mass is 1580 g/mol. The number of nitrogen functional groups attached to an aromatic ring is 5. The molecule has 119 heavy (non-hydrogen) atoms. The number of pyridine rings is 5. The van der Waals surface area contributed by atoms with Gasteiger partial charge in [-0.05, 0) is 135 Å². The van der Waals surface area contributed by atoms with Gasteiger partial charge in [0.15, 0.2) is 5.76 Å². The van der Waals surface area contributed by atoms with Crippen molar-refractivity contribution in [3.63, 3.8) is 0 Å². The highest BCUT2D eigenvalue weighted by atomic mass is 35.5. The number of benzene rings is 9. The van der Waals surface area contributed by atoms with Crippen molar-refractivity contribution >= 4 is 95.9 Å². The van der Waals surface area contributed by atoms with Crippen molar-refractivity contribution in [1.29, 1.82) is 0 Å². The van der Waals surface area contributed by atoms with E-state index in [0.29, 0.717) is 72.8 Å². The van der Waals surface area contributed by atoms with Gasteiger partial charge in [-0.2, -0.15) is 0 Å². The van der Waals surface area contributed by atoms with Crippen molar-refractivity contribution in [1.82, 2.24) is 101 Å². The van der Waals surface area contributed by atoms with Crippen molar-refractivity contribution in [3.05, 3.63) is 320 Å². The molecule has 0 spiro atoms. The summed E-state index contributed by atoms with van der Waals surface area (Å²) in [6.45, 7) is 5.94. The van der Waals surface area contributed by atoms with Crippen LogP contribution < -0.4 is 28.7 Å². The van der Waals surface area contributed by atoms with Gasteiger partial charge in [0.25, 0.3) is 0 Å². The normalized spacial score (nSPS) is 10.9. The van der Waals surface area contributed by atoms with E-state index in [9.17, 15) is 4.39 Å². The number of fused-ring (bicyclic) bond motifs is 5. The van der Waals surface area contributed by atoms with E-state index in [1.807, 2.05) is 251 Å². The van der Waals surface area contributed by atoms with Crippen LogP contribution in [0.25, 0.3) is 167 Å². The standard InChI is InChI=1S/C19H15N5.C18H12ClN5.C18H12FN5.C18H15N5O.C18H13N5/c1-12-10-15(11-14-8-5-9-21-16(12)14)18-17(22-19(20)24-23-18)13-6-3-2-4-7-13;2*19-14-10-13(9-12-7-4-8-21-15(12)14)17-16(22-18(20)24-23-17)11-5-2-1-3-6-11;1-10-8-13(9-12-4-3-7-20-15(10)12)16-17(21-18(19)23-22-16)14-6-5-11(2)24-14;19-18-21-16(12-5-2-1-3-6-12)17(22-23-18)14-8-9-15-13(11-14)7-4-10-20-15/h2-11H,1H3,(H2,20,22,24);2*1-10H,(H2,20,22,24);3-9H,1-2H3,(H2,19,21,23);1-11H,(H2,19,21,23). The summed E-state index contributed by atoms with van der Waals surface area (Å²) >= 11 is 6.39. The Morgan fingerprint density at radius 3 is 0.983 bits per heavy atom. The van der Waals surface area contributed by atoms with E-state index in [-0.39, 0.29) is 29.7 Å². The fraction of sp³-hybridized carbons (Fsp3) is 0.0330. The summed E-state index contributed by atoms with van der Waals surface area (Å²) in [5.74, 6) is 1.64. The van der Waals surface area contributed by atoms with Crippen LogP contribution in [0.5, 0.6) is 0 Å². The summed E-state index contributed by atoms with van der Waals surface area (Å²) in [6.07, 6.45) is 8.65. The van der Waals surface area contributed by atoms with Gasteiger partial charge < -0.3 is 33.1 Å². The third kappa shape index (κ3) is 17.3. The van der Waals surface area contributed by atoms with Gasteiger partial charge in [-0.1, -0.05) is 169 Å². The molecule has 20 aromatic rings. The zero-order chi connectivity index (χ0) is 81.9. The molecule has 0 aliphatic rings. The largest absolute Gasteiger partial charge is 0.460 e. The summed E-state index contributed by atoms with van der Waals surface area (Å²) in [6, 6.07) is 83.1. The third-order valence-corrected chi connectivity index (χ3v) is 19.0. The molecule has 0 amide bonds. The Hall–Kier alpha value is -16.4. The van der Waals surface area contributed by atoms with Gasteiger partial charge >= 0.3 is 0 Å². The van der Waals surface area contributed by atoms with Crippen molar-refractivity contribution in [3.8, 4) is 113 Å². The zero-order valence-electron chi connectivity index (χ0n) is 63.7. The number of rotatable bonds is 10. The fourth-order valence-corrected chi connectivity index (χ4v) is 13.7. The number of aromatic nitrogens is 20. The van der Waals surface area contributed by atoms with Crippen LogP contribution >= 0.6 is 11.6 Å². The van der Waals surface area contributed by atoms with Crippen molar-refractivity contribution in [2.75, 3.05) is 28.7 Å². The fourth-order valence-electron chi connectivity index (χ4n) is 13.4. The van der Waals surface area contributed by atoms with Gasteiger partial charge in [-0.3, -0.25) is 24.9 Å². The minimum absolute atomic E-state index is 0.0699. The molecule has 0 unspecified atom stereocenters. The molecule has 0 saturated carbocycles.